The number of nitrogen functional groups attached to an aromatic ring is 1. The zero-order valence-corrected chi connectivity index (χ0v) is 12.5. The molecule has 0 aromatic carbocycles. The minimum atomic E-state index is -3.62. The molecule has 8 heteroatoms. The van der Waals surface area contributed by atoms with E-state index in [9.17, 15) is 8.42 Å². The summed E-state index contributed by atoms with van der Waals surface area (Å²) in [5.74, 6) is 0.485. The Labute approximate surface area is 119 Å². The zero-order chi connectivity index (χ0) is 14.8. The Morgan fingerprint density at radius 3 is 2.55 bits per heavy atom. The van der Waals surface area contributed by atoms with Gasteiger partial charge in [0, 0.05) is 19.7 Å². The third kappa shape index (κ3) is 3.25. The molecular formula is C12H20N4O3S. The number of aromatic nitrogens is 2. The summed E-state index contributed by atoms with van der Waals surface area (Å²) >= 11 is 0. The van der Waals surface area contributed by atoms with E-state index in [4.69, 9.17) is 10.5 Å². The zero-order valence-electron chi connectivity index (χ0n) is 11.7. The fourth-order valence-electron chi connectivity index (χ4n) is 2.13. The lowest BCUT2D eigenvalue weighted by atomic mass is 10.2. The van der Waals surface area contributed by atoms with E-state index >= 15 is 0 Å². The lowest BCUT2D eigenvalue weighted by Crippen LogP contribution is -2.42. The van der Waals surface area contributed by atoms with Gasteiger partial charge in [-0.2, -0.15) is 4.31 Å². The first-order valence-corrected chi connectivity index (χ1v) is 7.99. The number of hydrogen-bond acceptors (Lipinski definition) is 6. The Bertz CT molecular complexity index is 542. The van der Waals surface area contributed by atoms with Gasteiger partial charge in [0.05, 0.1) is 19.0 Å². The summed E-state index contributed by atoms with van der Waals surface area (Å²) in [7, 11) is -2.07. The first kappa shape index (κ1) is 15.1. The minimum Gasteiger partial charge on any atom is -0.383 e. The van der Waals surface area contributed by atoms with Crippen molar-refractivity contribution in [3.8, 4) is 0 Å². The maximum atomic E-state index is 12.7. The SMILES string of the molecule is COCCN(C(C)C1CC1)S(=O)(=O)c1cnc(N)nc1. The van der Waals surface area contributed by atoms with E-state index in [1.54, 1.807) is 7.11 Å². The topological polar surface area (TPSA) is 98.4 Å². The molecule has 0 spiro atoms. The summed E-state index contributed by atoms with van der Waals surface area (Å²) in [6.45, 7) is 2.61. The largest absolute Gasteiger partial charge is 0.383 e. The van der Waals surface area contributed by atoms with Gasteiger partial charge in [0.1, 0.15) is 4.90 Å². The Morgan fingerprint density at radius 2 is 2.05 bits per heavy atom. The molecule has 0 aliphatic heterocycles. The predicted octanol–water partition coefficient (Wildman–Crippen LogP) is 0.494. The van der Waals surface area contributed by atoms with E-state index in [-0.39, 0.29) is 16.9 Å². The molecule has 1 unspecified atom stereocenters. The Morgan fingerprint density at radius 1 is 1.45 bits per heavy atom. The van der Waals surface area contributed by atoms with E-state index in [0.717, 1.165) is 12.8 Å². The van der Waals surface area contributed by atoms with Crippen LogP contribution in [-0.4, -0.2) is 49.0 Å². The van der Waals surface area contributed by atoms with Crippen molar-refractivity contribution in [2.24, 2.45) is 5.92 Å². The molecule has 20 heavy (non-hydrogen) atoms. The molecule has 2 N–H and O–H groups in total. The van der Waals surface area contributed by atoms with Crippen LogP contribution < -0.4 is 5.73 Å². The average Bonchev–Trinajstić information content (AvgIpc) is 3.23. The van der Waals surface area contributed by atoms with Crippen LogP contribution in [0.2, 0.25) is 0 Å². The first-order chi connectivity index (χ1) is 9.46. The maximum absolute atomic E-state index is 12.7. The average molecular weight is 300 g/mol. The highest BCUT2D eigenvalue weighted by molar-refractivity contribution is 7.89. The van der Waals surface area contributed by atoms with Crippen molar-refractivity contribution >= 4 is 16.0 Å². The van der Waals surface area contributed by atoms with Crippen LogP contribution in [0, 0.1) is 5.92 Å². The van der Waals surface area contributed by atoms with Crippen molar-refractivity contribution in [1.82, 2.24) is 14.3 Å². The number of nitrogens with two attached hydrogens (primary N) is 1. The number of anilines is 1. The van der Waals surface area contributed by atoms with Crippen LogP contribution in [-0.2, 0) is 14.8 Å². The van der Waals surface area contributed by atoms with Crippen LogP contribution in [0.4, 0.5) is 5.95 Å². The quantitative estimate of drug-likeness (QED) is 0.787. The highest BCUT2D eigenvalue weighted by atomic mass is 32.2. The molecule has 1 fully saturated rings. The predicted molar refractivity (Wildman–Crippen MR) is 74.4 cm³/mol. The molecule has 7 nitrogen and oxygen atoms in total. The van der Waals surface area contributed by atoms with Crippen molar-refractivity contribution in [3.05, 3.63) is 12.4 Å². The van der Waals surface area contributed by atoms with Crippen LogP contribution in [0.1, 0.15) is 19.8 Å². The van der Waals surface area contributed by atoms with Crippen molar-refractivity contribution in [1.29, 1.82) is 0 Å². The van der Waals surface area contributed by atoms with Gasteiger partial charge in [-0.05, 0) is 25.7 Å². The molecule has 0 saturated heterocycles. The van der Waals surface area contributed by atoms with Crippen molar-refractivity contribution in [2.45, 2.75) is 30.7 Å². The van der Waals surface area contributed by atoms with Crippen LogP contribution in [0.5, 0.6) is 0 Å². The van der Waals surface area contributed by atoms with E-state index in [1.807, 2.05) is 6.92 Å². The van der Waals surface area contributed by atoms with Crippen LogP contribution in [0.15, 0.2) is 17.3 Å². The fourth-order valence-corrected chi connectivity index (χ4v) is 3.70. The van der Waals surface area contributed by atoms with E-state index in [0.29, 0.717) is 19.1 Å². The lowest BCUT2D eigenvalue weighted by molar-refractivity contribution is 0.164. The van der Waals surface area contributed by atoms with Gasteiger partial charge in [-0.3, -0.25) is 0 Å². The van der Waals surface area contributed by atoms with Gasteiger partial charge in [-0.1, -0.05) is 0 Å². The number of hydrogen-bond donors (Lipinski definition) is 1. The number of rotatable bonds is 7. The molecule has 0 bridgehead atoms. The summed E-state index contributed by atoms with van der Waals surface area (Å²) in [5.41, 5.74) is 5.39. The monoisotopic (exact) mass is 300 g/mol. The second-order valence-electron chi connectivity index (χ2n) is 4.96. The summed E-state index contributed by atoms with van der Waals surface area (Å²) in [6.07, 6.45) is 4.63. The molecule has 1 heterocycles. The Balaban J connectivity index is 2.27. The molecule has 1 aromatic rings. The molecule has 2 rings (SSSR count). The molecule has 0 amide bonds. The van der Waals surface area contributed by atoms with Gasteiger partial charge in [0.2, 0.25) is 16.0 Å². The highest BCUT2D eigenvalue weighted by Gasteiger charge is 2.38. The Hall–Kier alpha value is -1.25. The number of sulfonamides is 1. The number of methoxy groups -OCH3 is 1. The van der Waals surface area contributed by atoms with Crippen LogP contribution in [0.25, 0.3) is 0 Å². The van der Waals surface area contributed by atoms with Crippen LogP contribution in [0.3, 0.4) is 0 Å². The fraction of sp³-hybridized carbons (Fsp3) is 0.667. The molecule has 1 aliphatic carbocycles. The third-order valence-electron chi connectivity index (χ3n) is 3.53. The molecule has 1 aromatic heterocycles. The second-order valence-corrected chi connectivity index (χ2v) is 6.85. The van der Waals surface area contributed by atoms with E-state index in [1.165, 1.54) is 16.7 Å². The standard InChI is InChI=1S/C12H20N4O3S/c1-9(10-3-4-10)16(5-6-19-2)20(17,18)11-7-14-12(13)15-8-11/h7-10H,3-6H2,1-2H3,(H2,13,14,15). The molecule has 1 aliphatic rings. The highest BCUT2D eigenvalue weighted by Crippen LogP contribution is 2.36. The summed E-state index contributed by atoms with van der Waals surface area (Å²) in [6, 6.07) is -0.0484. The van der Waals surface area contributed by atoms with E-state index in [2.05, 4.69) is 9.97 Å². The van der Waals surface area contributed by atoms with Gasteiger partial charge in [-0.25, -0.2) is 18.4 Å². The number of nitrogens with zero attached hydrogens (tertiary/aromatic N) is 3. The summed E-state index contributed by atoms with van der Waals surface area (Å²) in [5, 5.41) is 0. The summed E-state index contributed by atoms with van der Waals surface area (Å²) in [4.78, 5) is 7.58. The van der Waals surface area contributed by atoms with Gasteiger partial charge in [-0.15, -0.1) is 0 Å². The third-order valence-corrected chi connectivity index (χ3v) is 5.47. The van der Waals surface area contributed by atoms with Crippen molar-refractivity contribution in [2.75, 3.05) is 26.0 Å². The molecule has 1 atom stereocenters. The molecular weight excluding hydrogens is 280 g/mol. The van der Waals surface area contributed by atoms with Gasteiger partial charge in [0.15, 0.2) is 0 Å². The van der Waals surface area contributed by atoms with Gasteiger partial charge in [0.25, 0.3) is 0 Å². The lowest BCUT2D eigenvalue weighted by Gasteiger charge is -2.28. The minimum absolute atomic E-state index is 0.0484. The maximum Gasteiger partial charge on any atom is 0.246 e. The molecule has 112 valence electrons. The first-order valence-electron chi connectivity index (χ1n) is 6.55. The van der Waals surface area contributed by atoms with E-state index < -0.39 is 10.0 Å². The Kier molecular flexibility index (Phi) is 4.56. The molecule has 0 radical (unpaired) electrons. The second kappa shape index (κ2) is 6.02. The van der Waals surface area contributed by atoms with Gasteiger partial charge >= 0.3 is 0 Å². The summed E-state index contributed by atoms with van der Waals surface area (Å²) < 4.78 is 31.8. The molecule has 1 saturated carbocycles. The van der Waals surface area contributed by atoms with Crippen molar-refractivity contribution < 1.29 is 13.2 Å². The van der Waals surface area contributed by atoms with Gasteiger partial charge < -0.3 is 10.5 Å². The number of ether oxygens (including phenoxy) is 1. The van der Waals surface area contributed by atoms with Crippen molar-refractivity contribution in [3.63, 3.8) is 0 Å². The smallest absolute Gasteiger partial charge is 0.246 e. The normalized spacial score (nSPS) is 17.4. The van der Waals surface area contributed by atoms with Crippen LogP contribution >= 0.6 is 0 Å².